The minimum absolute atomic E-state index is 0.180. The van der Waals surface area contributed by atoms with E-state index < -0.39 is 0 Å². The highest BCUT2D eigenvalue weighted by molar-refractivity contribution is 5.94. The number of piperidine rings is 3. The number of nitrogens with zero attached hydrogens (tertiary/aromatic N) is 3. The maximum Gasteiger partial charge on any atom is 0.253 e. The van der Waals surface area contributed by atoms with Crippen LogP contribution < -0.4 is 0 Å². The van der Waals surface area contributed by atoms with Gasteiger partial charge in [-0.2, -0.15) is 0 Å². The fourth-order valence-electron chi connectivity index (χ4n) is 5.89. The molecule has 33 heavy (non-hydrogen) atoms. The van der Waals surface area contributed by atoms with Crippen LogP contribution >= 0.6 is 0 Å². The van der Waals surface area contributed by atoms with Crippen molar-refractivity contribution in [3.05, 3.63) is 35.4 Å². The summed E-state index contributed by atoms with van der Waals surface area (Å²) in [6.45, 7) is 7.90. The van der Waals surface area contributed by atoms with Crippen molar-refractivity contribution in [3.63, 3.8) is 0 Å². The molecule has 3 aliphatic heterocycles. The van der Waals surface area contributed by atoms with Crippen LogP contribution in [0.2, 0.25) is 0 Å². The van der Waals surface area contributed by atoms with E-state index in [1.807, 2.05) is 17.0 Å². The number of benzene rings is 1. The molecule has 2 amide bonds. The monoisotopic (exact) mass is 453 g/mol. The Hall–Kier alpha value is -1.88. The van der Waals surface area contributed by atoms with E-state index >= 15 is 0 Å². The van der Waals surface area contributed by atoms with Gasteiger partial charge in [-0.1, -0.05) is 31.9 Å². The second kappa shape index (κ2) is 12.0. The molecule has 0 aromatic heterocycles. The summed E-state index contributed by atoms with van der Waals surface area (Å²) in [5.41, 5.74) is 2.16. The van der Waals surface area contributed by atoms with Crippen molar-refractivity contribution in [2.45, 2.75) is 83.6 Å². The van der Waals surface area contributed by atoms with Gasteiger partial charge in [0.15, 0.2) is 0 Å². The van der Waals surface area contributed by atoms with Gasteiger partial charge in [-0.05, 0) is 88.6 Å². The molecule has 0 saturated carbocycles. The molecule has 3 aliphatic rings. The van der Waals surface area contributed by atoms with E-state index in [0.29, 0.717) is 11.9 Å². The van der Waals surface area contributed by atoms with Crippen LogP contribution in [0, 0.1) is 5.92 Å². The number of rotatable bonds is 7. The van der Waals surface area contributed by atoms with Gasteiger partial charge < -0.3 is 14.7 Å². The molecule has 0 bridgehead atoms. The van der Waals surface area contributed by atoms with E-state index in [2.05, 4.69) is 28.9 Å². The van der Waals surface area contributed by atoms with Crippen molar-refractivity contribution in [2.75, 3.05) is 39.3 Å². The van der Waals surface area contributed by atoms with Gasteiger partial charge in [0.1, 0.15) is 0 Å². The Morgan fingerprint density at radius 1 is 0.788 bits per heavy atom. The van der Waals surface area contributed by atoms with E-state index in [0.717, 1.165) is 76.9 Å². The minimum Gasteiger partial charge on any atom is -0.342 e. The highest BCUT2D eigenvalue weighted by atomic mass is 16.2. The Kier molecular flexibility index (Phi) is 8.82. The highest BCUT2D eigenvalue weighted by Gasteiger charge is 2.33. The topological polar surface area (TPSA) is 43.9 Å². The van der Waals surface area contributed by atoms with Gasteiger partial charge in [-0.25, -0.2) is 0 Å². The maximum atomic E-state index is 13.0. The van der Waals surface area contributed by atoms with Crippen molar-refractivity contribution in [1.82, 2.24) is 14.7 Å². The van der Waals surface area contributed by atoms with Crippen LogP contribution in [0.1, 0.15) is 87.1 Å². The number of unbranched alkanes of at least 4 members (excludes halogenated alkanes) is 2. The summed E-state index contributed by atoms with van der Waals surface area (Å²) in [6, 6.07) is 8.84. The molecule has 0 atom stereocenters. The lowest BCUT2D eigenvalue weighted by molar-refractivity contribution is -0.138. The molecule has 4 rings (SSSR count). The molecule has 1 aromatic carbocycles. The molecule has 1 aromatic rings. The predicted molar refractivity (Wildman–Crippen MR) is 133 cm³/mol. The number of aryl methyl sites for hydroxylation is 1. The van der Waals surface area contributed by atoms with E-state index in [9.17, 15) is 9.59 Å². The first-order valence-electron chi connectivity index (χ1n) is 13.6. The predicted octanol–water partition coefficient (Wildman–Crippen LogP) is 4.75. The van der Waals surface area contributed by atoms with Crippen molar-refractivity contribution in [1.29, 1.82) is 0 Å². The number of carbonyl (C=O) groups excluding carboxylic acids is 2. The Morgan fingerprint density at radius 3 is 2.09 bits per heavy atom. The number of hydrogen-bond acceptors (Lipinski definition) is 3. The zero-order valence-electron chi connectivity index (χ0n) is 20.6. The normalized spacial score (nSPS) is 21.4. The Morgan fingerprint density at radius 2 is 1.45 bits per heavy atom. The molecule has 0 aliphatic carbocycles. The number of carbonyl (C=O) groups is 2. The SMILES string of the molecule is CCCCCc1ccc(C(=O)N2CCC(N3CCC(C(=O)N4CCCCC4)CC3)CC2)cc1. The third-order valence-corrected chi connectivity index (χ3v) is 8.08. The molecule has 0 N–H and O–H groups in total. The summed E-state index contributed by atoms with van der Waals surface area (Å²) in [5, 5.41) is 0. The van der Waals surface area contributed by atoms with Crippen molar-refractivity contribution in [3.8, 4) is 0 Å². The first kappa shape index (κ1) is 24.3. The smallest absolute Gasteiger partial charge is 0.253 e. The van der Waals surface area contributed by atoms with Crippen LogP contribution in [0.15, 0.2) is 24.3 Å². The van der Waals surface area contributed by atoms with Crippen LogP contribution in [0.25, 0.3) is 0 Å². The first-order chi connectivity index (χ1) is 16.2. The van der Waals surface area contributed by atoms with Crippen LogP contribution in [0.5, 0.6) is 0 Å². The lowest BCUT2D eigenvalue weighted by Gasteiger charge is -2.42. The van der Waals surface area contributed by atoms with Crippen molar-refractivity contribution in [2.24, 2.45) is 5.92 Å². The van der Waals surface area contributed by atoms with Gasteiger partial charge in [-0.3, -0.25) is 9.59 Å². The first-order valence-corrected chi connectivity index (χ1v) is 13.6. The van der Waals surface area contributed by atoms with E-state index in [4.69, 9.17) is 0 Å². The van der Waals surface area contributed by atoms with Crippen LogP contribution in [0.3, 0.4) is 0 Å². The van der Waals surface area contributed by atoms with Gasteiger partial charge in [0.05, 0.1) is 0 Å². The summed E-state index contributed by atoms with van der Waals surface area (Å²) in [4.78, 5) is 32.6. The lowest BCUT2D eigenvalue weighted by atomic mass is 9.91. The van der Waals surface area contributed by atoms with Crippen molar-refractivity contribution < 1.29 is 9.59 Å². The lowest BCUT2D eigenvalue weighted by Crippen LogP contribution is -2.50. The molecule has 0 unspecified atom stereocenters. The number of amides is 2. The summed E-state index contributed by atoms with van der Waals surface area (Å²) in [7, 11) is 0. The quantitative estimate of drug-likeness (QED) is 0.560. The Labute approximate surface area is 200 Å². The molecular formula is C28H43N3O2. The second-order valence-corrected chi connectivity index (χ2v) is 10.4. The standard InChI is InChI=1S/C28H43N3O2/c1-2-3-5-8-23-9-11-24(12-10-23)27(32)31-21-15-26(16-22-31)29-19-13-25(14-20-29)28(33)30-17-6-4-7-18-30/h9-12,25-26H,2-8,13-22H2,1H3. The van der Waals surface area contributed by atoms with Gasteiger partial charge in [0.2, 0.25) is 5.91 Å². The third-order valence-electron chi connectivity index (χ3n) is 8.08. The molecule has 3 heterocycles. The van der Waals surface area contributed by atoms with Gasteiger partial charge in [0.25, 0.3) is 5.91 Å². The zero-order valence-corrected chi connectivity index (χ0v) is 20.6. The van der Waals surface area contributed by atoms with Crippen LogP contribution in [-0.2, 0) is 11.2 Å². The third kappa shape index (κ3) is 6.38. The van der Waals surface area contributed by atoms with Crippen molar-refractivity contribution >= 4 is 11.8 Å². The molecule has 5 nitrogen and oxygen atoms in total. The van der Waals surface area contributed by atoms with Crippen LogP contribution in [-0.4, -0.2) is 71.8 Å². The minimum atomic E-state index is 0.180. The summed E-state index contributed by atoms with van der Waals surface area (Å²) in [6.07, 6.45) is 12.5. The summed E-state index contributed by atoms with van der Waals surface area (Å²) >= 11 is 0. The van der Waals surface area contributed by atoms with E-state index in [-0.39, 0.29) is 11.8 Å². The summed E-state index contributed by atoms with van der Waals surface area (Å²) in [5.74, 6) is 0.816. The molecule has 0 spiro atoms. The summed E-state index contributed by atoms with van der Waals surface area (Å²) < 4.78 is 0. The van der Waals surface area contributed by atoms with Gasteiger partial charge in [-0.15, -0.1) is 0 Å². The molecular weight excluding hydrogens is 410 g/mol. The Balaban J connectivity index is 1.20. The number of likely N-dealkylation sites (tertiary alicyclic amines) is 3. The maximum absolute atomic E-state index is 13.0. The molecule has 0 radical (unpaired) electrons. The Bertz CT molecular complexity index is 756. The average Bonchev–Trinajstić information content (AvgIpc) is 2.89. The average molecular weight is 454 g/mol. The number of hydrogen-bond donors (Lipinski definition) is 0. The molecule has 3 saturated heterocycles. The van der Waals surface area contributed by atoms with Gasteiger partial charge in [0, 0.05) is 43.7 Å². The molecule has 182 valence electrons. The molecule has 5 heteroatoms. The fraction of sp³-hybridized carbons (Fsp3) is 0.714. The zero-order chi connectivity index (χ0) is 23.0. The van der Waals surface area contributed by atoms with E-state index in [1.165, 1.54) is 44.1 Å². The second-order valence-electron chi connectivity index (χ2n) is 10.4. The molecule has 3 fully saturated rings. The largest absolute Gasteiger partial charge is 0.342 e. The van der Waals surface area contributed by atoms with Gasteiger partial charge >= 0.3 is 0 Å². The van der Waals surface area contributed by atoms with Crippen LogP contribution in [0.4, 0.5) is 0 Å². The van der Waals surface area contributed by atoms with E-state index in [1.54, 1.807) is 0 Å². The fourth-order valence-corrected chi connectivity index (χ4v) is 5.89. The highest BCUT2D eigenvalue weighted by Crippen LogP contribution is 2.26.